The summed E-state index contributed by atoms with van der Waals surface area (Å²) in [7, 11) is 0. The summed E-state index contributed by atoms with van der Waals surface area (Å²) >= 11 is 0. The highest BCUT2D eigenvalue weighted by Crippen LogP contribution is 2.15. The van der Waals surface area contributed by atoms with Gasteiger partial charge in [-0.05, 0) is 55.8 Å². The van der Waals surface area contributed by atoms with E-state index < -0.39 is 0 Å². The van der Waals surface area contributed by atoms with Gasteiger partial charge >= 0.3 is 0 Å². The largest absolute Gasteiger partial charge is 0.494 e. The van der Waals surface area contributed by atoms with E-state index in [9.17, 15) is 0 Å². The number of aryl methyl sites for hydroxylation is 1. The fourth-order valence-corrected chi connectivity index (χ4v) is 1.89. The molecule has 108 valence electrons. The first-order valence-corrected chi connectivity index (χ1v) is 6.79. The van der Waals surface area contributed by atoms with E-state index in [2.05, 4.69) is 10.1 Å². The van der Waals surface area contributed by atoms with Crippen LogP contribution in [0.2, 0.25) is 0 Å². The smallest absolute Gasteiger partial charge is 0.128 e. The van der Waals surface area contributed by atoms with Crippen molar-refractivity contribution in [3.05, 3.63) is 59.7 Å². The zero-order valence-electron chi connectivity index (χ0n) is 12.2. The summed E-state index contributed by atoms with van der Waals surface area (Å²) in [6, 6.07) is 15.2. The molecule has 4 heteroatoms. The van der Waals surface area contributed by atoms with Crippen LogP contribution in [0.25, 0.3) is 0 Å². The van der Waals surface area contributed by atoms with E-state index in [0.29, 0.717) is 12.3 Å². The maximum Gasteiger partial charge on any atom is 0.128 e. The van der Waals surface area contributed by atoms with Gasteiger partial charge in [0, 0.05) is 5.56 Å². The second kappa shape index (κ2) is 7.24. The summed E-state index contributed by atoms with van der Waals surface area (Å²) in [4.78, 5) is 4.33. The Kier molecular flexibility index (Phi) is 5.10. The standard InChI is InChI=1S/C17H18N2O2/c1-3-21-16-9-7-14(8-10-16)17(19-20)12-18-15-6-4-5-13(2)11-15/h4-12,20H,3H2,1-2H3/b18-12?,19-17+. The van der Waals surface area contributed by atoms with E-state index in [1.165, 1.54) is 0 Å². The van der Waals surface area contributed by atoms with Crippen molar-refractivity contribution in [3.63, 3.8) is 0 Å². The third-order valence-electron chi connectivity index (χ3n) is 2.91. The Hall–Kier alpha value is -2.62. The minimum atomic E-state index is 0.402. The number of benzene rings is 2. The highest BCUT2D eigenvalue weighted by molar-refractivity contribution is 6.38. The van der Waals surface area contributed by atoms with Gasteiger partial charge in [0.05, 0.1) is 18.5 Å². The molecule has 2 rings (SSSR count). The van der Waals surface area contributed by atoms with Crippen LogP contribution in [0.3, 0.4) is 0 Å². The zero-order valence-corrected chi connectivity index (χ0v) is 12.2. The lowest BCUT2D eigenvalue weighted by molar-refractivity contribution is 0.320. The van der Waals surface area contributed by atoms with Crippen LogP contribution in [0.15, 0.2) is 58.7 Å². The van der Waals surface area contributed by atoms with Crippen molar-refractivity contribution < 1.29 is 9.94 Å². The molecule has 2 aromatic carbocycles. The summed E-state index contributed by atoms with van der Waals surface area (Å²) in [6.07, 6.45) is 1.55. The second-order valence-electron chi connectivity index (χ2n) is 4.54. The minimum Gasteiger partial charge on any atom is -0.494 e. The molecule has 21 heavy (non-hydrogen) atoms. The van der Waals surface area contributed by atoms with Crippen LogP contribution in [-0.4, -0.2) is 23.7 Å². The predicted molar refractivity (Wildman–Crippen MR) is 85.3 cm³/mol. The third kappa shape index (κ3) is 4.18. The molecule has 1 N–H and O–H groups in total. The molecule has 0 aliphatic carbocycles. The van der Waals surface area contributed by atoms with E-state index in [0.717, 1.165) is 22.6 Å². The number of oxime groups is 1. The Bertz CT molecular complexity index is 646. The molecule has 2 aromatic rings. The fourth-order valence-electron chi connectivity index (χ4n) is 1.89. The Balaban J connectivity index is 2.16. The first-order chi connectivity index (χ1) is 10.2. The van der Waals surface area contributed by atoms with Crippen molar-refractivity contribution in [2.75, 3.05) is 6.61 Å². The van der Waals surface area contributed by atoms with E-state index in [1.807, 2.05) is 62.4 Å². The van der Waals surface area contributed by atoms with E-state index in [-0.39, 0.29) is 0 Å². The van der Waals surface area contributed by atoms with Crippen LogP contribution in [0, 0.1) is 6.92 Å². The van der Waals surface area contributed by atoms with Crippen molar-refractivity contribution in [2.45, 2.75) is 13.8 Å². The monoisotopic (exact) mass is 282 g/mol. The van der Waals surface area contributed by atoms with Gasteiger partial charge in [0.25, 0.3) is 0 Å². The second-order valence-corrected chi connectivity index (χ2v) is 4.54. The number of hydrogen-bond acceptors (Lipinski definition) is 4. The van der Waals surface area contributed by atoms with Crippen molar-refractivity contribution in [1.82, 2.24) is 0 Å². The quantitative estimate of drug-likeness (QED) is 0.512. The number of ether oxygens (including phenoxy) is 1. The van der Waals surface area contributed by atoms with Crippen LogP contribution in [0.1, 0.15) is 18.1 Å². The number of aliphatic imine (C=N–C) groups is 1. The molecule has 0 fully saturated rings. The van der Waals surface area contributed by atoms with Gasteiger partial charge < -0.3 is 9.94 Å². The molecule has 0 bridgehead atoms. The minimum absolute atomic E-state index is 0.402. The predicted octanol–water partition coefficient (Wildman–Crippen LogP) is 3.97. The van der Waals surface area contributed by atoms with Gasteiger partial charge in [-0.15, -0.1) is 0 Å². The molecular weight excluding hydrogens is 264 g/mol. The van der Waals surface area contributed by atoms with Gasteiger partial charge in [-0.3, -0.25) is 4.99 Å². The lowest BCUT2D eigenvalue weighted by atomic mass is 10.1. The summed E-state index contributed by atoms with van der Waals surface area (Å²) in [5.41, 5.74) is 3.13. The van der Waals surface area contributed by atoms with Gasteiger partial charge in [0.1, 0.15) is 11.5 Å². The van der Waals surface area contributed by atoms with Crippen LogP contribution in [0.4, 0.5) is 5.69 Å². The van der Waals surface area contributed by atoms with E-state index >= 15 is 0 Å². The van der Waals surface area contributed by atoms with Gasteiger partial charge in [-0.25, -0.2) is 0 Å². The molecule has 0 unspecified atom stereocenters. The SMILES string of the molecule is CCOc1ccc(/C(C=Nc2cccc(C)c2)=N/O)cc1. The summed E-state index contributed by atoms with van der Waals surface area (Å²) in [5.74, 6) is 0.786. The molecule has 4 nitrogen and oxygen atoms in total. The van der Waals surface area contributed by atoms with Gasteiger partial charge in [-0.2, -0.15) is 0 Å². The molecule has 0 atom stereocenters. The first kappa shape index (κ1) is 14.8. The average Bonchev–Trinajstić information content (AvgIpc) is 2.50. The molecule has 0 saturated heterocycles. The molecule has 0 heterocycles. The maximum absolute atomic E-state index is 9.15. The number of hydrogen-bond donors (Lipinski definition) is 1. The molecule has 0 saturated carbocycles. The van der Waals surface area contributed by atoms with Gasteiger partial charge in [-0.1, -0.05) is 17.3 Å². The normalized spacial score (nSPS) is 11.8. The molecule has 0 aromatic heterocycles. The van der Waals surface area contributed by atoms with Crippen molar-refractivity contribution in [3.8, 4) is 5.75 Å². The van der Waals surface area contributed by atoms with Crippen molar-refractivity contribution >= 4 is 17.6 Å². The van der Waals surface area contributed by atoms with E-state index in [1.54, 1.807) is 6.21 Å². The Labute approximate surface area is 124 Å². The molecule has 0 aliphatic rings. The van der Waals surface area contributed by atoms with Gasteiger partial charge in [0.2, 0.25) is 0 Å². The third-order valence-corrected chi connectivity index (χ3v) is 2.91. The van der Waals surface area contributed by atoms with E-state index in [4.69, 9.17) is 9.94 Å². The van der Waals surface area contributed by atoms with Crippen LogP contribution >= 0.6 is 0 Å². The summed E-state index contributed by atoms with van der Waals surface area (Å²) in [5, 5.41) is 12.4. The summed E-state index contributed by atoms with van der Waals surface area (Å²) in [6.45, 7) is 4.56. The highest BCUT2D eigenvalue weighted by atomic mass is 16.5. The Morgan fingerprint density at radius 1 is 1.19 bits per heavy atom. The molecule has 0 amide bonds. The summed E-state index contributed by atoms with van der Waals surface area (Å²) < 4.78 is 5.38. The first-order valence-electron chi connectivity index (χ1n) is 6.79. The Morgan fingerprint density at radius 3 is 2.57 bits per heavy atom. The topological polar surface area (TPSA) is 54.2 Å². The highest BCUT2D eigenvalue weighted by Gasteiger charge is 2.02. The van der Waals surface area contributed by atoms with Gasteiger partial charge in [0.15, 0.2) is 0 Å². The number of rotatable bonds is 5. The Morgan fingerprint density at radius 2 is 1.95 bits per heavy atom. The zero-order chi connectivity index (χ0) is 15.1. The molecule has 0 spiro atoms. The maximum atomic E-state index is 9.15. The number of nitrogens with zero attached hydrogens (tertiary/aromatic N) is 2. The van der Waals surface area contributed by atoms with Crippen LogP contribution in [0.5, 0.6) is 5.75 Å². The van der Waals surface area contributed by atoms with Crippen molar-refractivity contribution in [2.24, 2.45) is 10.1 Å². The lowest BCUT2D eigenvalue weighted by Crippen LogP contribution is -2.02. The molecule has 0 aliphatic heterocycles. The lowest BCUT2D eigenvalue weighted by Gasteiger charge is -2.04. The van der Waals surface area contributed by atoms with Crippen LogP contribution in [-0.2, 0) is 0 Å². The average molecular weight is 282 g/mol. The fraction of sp³-hybridized carbons (Fsp3) is 0.176. The molecule has 0 radical (unpaired) electrons. The molecular formula is C17H18N2O2. The van der Waals surface area contributed by atoms with Crippen LogP contribution < -0.4 is 4.74 Å². The van der Waals surface area contributed by atoms with Crippen molar-refractivity contribution in [1.29, 1.82) is 0 Å².